The molecule has 0 aliphatic carbocycles. The molecule has 0 aliphatic rings. The molecule has 1 rings (SSSR count). The fourth-order valence-electron chi connectivity index (χ4n) is 1.48. The van der Waals surface area contributed by atoms with Crippen molar-refractivity contribution in [2.45, 2.75) is 19.9 Å². The predicted octanol–water partition coefficient (Wildman–Crippen LogP) is -0.211. The van der Waals surface area contributed by atoms with Crippen molar-refractivity contribution in [3.05, 3.63) is 18.1 Å². The van der Waals surface area contributed by atoms with Gasteiger partial charge in [0.1, 0.15) is 17.6 Å². The molecule has 0 radical (unpaired) electrons. The summed E-state index contributed by atoms with van der Waals surface area (Å²) in [6.45, 7) is 5.07. The van der Waals surface area contributed by atoms with Crippen LogP contribution >= 0.6 is 0 Å². The van der Waals surface area contributed by atoms with Crippen molar-refractivity contribution in [3.8, 4) is 0 Å². The molecule has 0 bridgehead atoms. The van der Waals surface area contributed by atoms with Crippen molar-refractivity contribution in [2.75, 3.05) is 32.1 Å². The average Bonchev–Trinajstić information content (AvgIpc) is 2.48. The van der Waals surface area contributed by atoms with Crippen LogP contribution < -0.4 is 16.0 Å². The number of nitrogens with zero attached hydrogens (tertiary/aromatic N) is 2. The van der Waals surface area contributed by atoms with Crippen molar-refractivity contribution in [1.29, 1.82) is 0 Å². The fraction of sp³-hybridized carbons (Fsp3) is 0.538. The Balaban J connectivity index is 2.49. The summed E-state index contributed by atoms with van der Waals surface area (Å²) < 4.78 is 4.83. The number of hydrogen-bond acceptors (Lipinski definition) is 6. The minimum absolute atomic E-state index is 0.160. The first-order valence-electron chi connectivity index (χ1n) is 6.72. The Morgan fingerprint density at radius 3 is 2.67 bits per heavy atom. The van der Waals surface area contributed by atoms with Crippen molar-refractivity contribution < 1.29 is 14.3 Å². The van der Waals surface area contributed by atoms with E-state index in [-0.39, 0.29) is 11.6 Å². The van der Waals surface area contributed by atoms with Gasteiger partial charge in [-0.25, -0.2) is 9.97 Å². The molecule has 2 amide bonds. The van der Waals surface area contributed by atoms with Crippen LogP contribution in [0.15, 0.2) is 12.4 Å². The Morgan fingerprint density at radius 2 is 2.10 bits per heavy atom. The minimum atomic E-state index is -0.662. The van der Waals surface area contributed by atoms with E-state index in [0.29, 0.717) is 19.0 Å². The maximum atomic E-state index is 11.9. The molecule has 116 valence electrons. The standard InChI is InChI=1S/C13H21N5O3/c1-4-14-11-8-16-10(7-17-11)13(20)18-9(2)12(19)15-5-6-21-3/h7-9H,4-6H2,1-3H3,(H,14,17)(H,15,19)(H,18,20). The van der Waals surface area contributed by atoms with E-state index in [9.17, 15) is 9.59 Å². The highest BCUT2D eigenvalue weighted by molar-refractivity contribution is 5.95. The lowest BCUT2D eigenvalue weighted by Gasteiger charge is -2.13. The maximum absolute atomic E-state index is 11.9. The monoisotopic (exact) mass is 295 g/mol. The lowest BCUT2D eigenvalue weighted by molar-refractivity contribution is -0.122. The van der Waals surface area contributed by atoms with Gasteiger partial charge in [-0.15, -0.1) is 0 Å². The van der Waals surface area contributed by atoms with Gasteiger partial charge in [-0.05, 0) is 13.8 Å². The number of anilines is 1. The number of ether oxygens (including phenoxy) is 1. The summed E-state index contributed by atoms with van der Waals surface area (Å²) in [5.74, 6) is -0.128. The molecule has 1 unspecified atom stereocenters. The summed E-state index contributed by atoms with van der Waals surface area (Å²) in [6, 6.07) is -0.662. The number of hydrogen-bond donors (Lipinski definition) is 3. The highest BCUT2D eigenvalue weighted by Crippen LogP contribution is 2.00. The Morgan fingerprint density at radius 1 is 1.33 bits per heavy atom. The Bertz CT molecular complexity index is 463. The lowest BCUT2D eigenvalue weighted by atomic mass is 10.3. The Hall–Kier alpha value is -2.22. The topological polar surface area (TPSA) is 105 Å². The number of nitrogens with one attached hydrogen (secondary N) is 3. The number of rotatable bonds is 8. The van der Waals surface area contributed by atoms with Crippen molar-refractivity contribution >= 4 is 17.6 Å². The van der Waals surface area contributed by atoms with Gasteiger partial charge in [-0.2, -0.15) is 0 Å². The van der Waals surface area contributed by atoms with Gasteiger partial charge in [0, 0.05) is 20.2 Å². The molecule has 0 aliphatic heterocycles. The summed E-state index contributed by atoms with van der Waals surface area (Å²) in [4.78, 5) is 31.7. The highest BCUT2D eigenvalue weighted by Gasteiger charge is 2.17. The first-order chi connectivity index (χ1) is 10.1. The third-order valence-corrected chi connectivity index (χ3v) is 2.59. The van der Waals surface area contributed by atoms with Gasteiger partial charge >= 0.3 is 0 Å². The van der Waals surface area contributed by atoms with Gasteiger partial charge in [0.15, 0.2) is 0 Å². The number of aromatic nitrogens is 2. The molecule has 1 aromatic rings. The number of carbonyl (C=O) groups excluding carboxylic acids is 2. The van der Waals surface area contributed by atoms with Crippen LogP contribution in [-0.4, -0.2) is 54.6 Å². The molecule has 1 atom stereocenters. The molecular weight excluding hydrogens is 274 g/mol. The molecule has 0 saturated carbocycles. The van der Waals surface area contributed by atoms with Crippen LogP contribution in [0.25, 0.3) is 0 Å². The molecule has 0 saturated heterocycles. The van der Waals surface area contributed by atoms with Gasteiger partial charge in [0.25, 0.3) is 5.91 Å². The SMILES string of the molecule is CCNc1cnc(C(=O)NC(C)C(=O)NCCOC)cn1. The van der Waals surface area contributed by atoms with Crippen LogP contribution in [0.2, 0.25) is 0 Å². The minimum Gasteiger partial charge on any atom is -0.383 e. The second kappa shape index (κ2) is 8.85. The van der Waals surface area contributed by atoms with E-state index in [2.05, 4.69) is 25.9 Å². The third-order valence-electron chi connectivity index (χ3n) is 2.59. The maximum Gasteiger partial charge on any atom is 0.272 e. The van der Waals surface area contributed by atoms with E-state index >= 15 is 0 Å². The fourth-order valence-corrected chi connectivity index (χ4v) is 1.48. The van der Waals surface area contributed by atoms with Crippen LogP contribution in [0.1, 0.15) is 24.3 Å². The smallest absolute Gasteiger partial charge is 0.272 e. The van der Waals surface area contributed by atoms with Crippen molar-refractivity contribution in [2.24, 2.45) is 0 Å². The normalized spacial score (nSPS) is 11.6. The van der Waals surface area contributed by atoms with Gasteiger partial charge in [0.05, 0.1) is 19.0 Å². The molecule has 0 aromatic carbocycles. The summed E-state index contributed by atoms with van der Waals surface area (Å²) in [5, 5.41) is 8.18. The van der Waals surface area contributed by atoms with E-state index < -0.39 is 11.9 Å². The number of carbonyl (C=O) groups is 2. The van der Waals surface area contributed by atoms with Gasteiger partial charge in [-0.3, -0.25) is 9.59 Å². The van der Waals surface area contributed by atoms with E-state index in [0.717, 1.165) is 6.54 Å². The highest BCUT2D eigenvalue weighted by atomic mass is 16.5. The second-order valence-corrected chi connectivity index (χ2v) is 4.30. The molecule has 3 N–H and O–H groups in total. The molecule has 1 aromatic heterocycles. The first-order valence-corrected chi connectivity index (χ1v) is 6.72. The second-order valence-electron chi connectivity index (χ2n) is 4.30. The molecule has 8 nitrogen and oxygen atoms in total. The molecule has 21 heavy (non-hydrogen) atoms. The van der Waals surface area contributed by atoms with Gasteiger partial charge in [0.2, 0.25) is 5.91 Å². The van der Waals surface area contributed by atoms with Crippen LogP contribution in [0.5, 0.6) is 0 Å². The third kappa shape index (κ3) is 5.74. The van der Waals surface area contributed by atoms with Crippen molar-refractivity contribution in [1.82, 2.24) is 20.6 Å². The average molecular weight is 295 g/mol. The first kappa shape index (κ1) is 16.8. The van der Waals surface area contributed by atoms with E-state index in [1.165, 1.54) is 12.4 Å². The zero-order valence-electron chi connectivity index (χ0n) is 12.5. The van der Waals surface area contributed by atoms with Crippen LogP contribution in [0, 0.1) is 0 Å². The van der Waals surface area contributed by atoms with Gasteiger partial charge < -0.3 is 20.7 Å². The van der Waals surface area contributed by atoms with Crippen LogP contribution in [0.4, 0.5) is 5.82 Å². The van der Waals surface area contributed by atoms with Crippen molar-refractivity contribution in [3.63, 3.8) is 0 Å². The number of methoxy groups -OCH3 is 1. The Labute approximate surface area is 123 Å². The molecule has 0 spiro atoms. The summed E-state index contributed by atoms with van der Waals surface area (Å²) in [6.07, 6.45) is 2.84. The Kier molecular flexibility index (Phi) is 7.10. The van der Waals surface area contributed by atoms with Crippen LogP contribution in [0.3, 0.4) is 0 Å². The van der Waals surface area contributed by atoms with E-state index in [1.807, 2.05) is 6.92 Å². The molecular formula is C13H21N5O3. The molecule has 1 heterocycles. The summed E-state index contributed by atoms with van der Waals surface area (Å²) >= 11 is 0. The summed E-state index contributed by atoms with van der Waals surface area (Å²) in [7, 11) is 1.55. The van der Waals surface area contributed by atoms with Crippen LogP contribution in [-0.2, 0) is 9.53 Å². The van der Waals surface area contributed by atoms with Gasteiger partial charge in [-0.1, -0.05) is 0 Å². The largest absolute Gasteiger partial charge is 0.383 e. The lowest BCUT2D eigenvalue weighted by Crippen LogP contribution is -2.45. The predicted molar refractivity (Wildman–Crippen MR) is 78.0 cm³/mol. The quantitative estimate of drug-likeness (QED) is 0.573. The molecule has 8 heteroatoms. The van der Waals surface area contributed by atoms with E-state index in [4.69, 9.17) is 4.74 Å². The summed E-state index contributed by atoms with van der Waals surface area (Å²) in [5.41, 5.74) is 0.160. The van der Waals surface area contributed by atoms with E-state index in [1.54, 1.807) is 14.0 Å². The number of amides is 2. The molecule has 0 fully saturated rings. The zero-order valence-corrected chi connectivity index (χ0v) is 12.5. The zero-order chi connectivity index (χ0) is 15.7.